The Bertz CT molecular complexity index is 1270. The predicted octanol–water partition coefficient (Wildman–Crippen LogP) is 4.46. The number of carbonyl (C=O) groups excluding carboxylic acids is 1. The Hall–Kier alpha value is -2.64. The van der Waals surface area contributed by atoms with Crippen molar-refractivity contribution in [2.75, 3.05) is 0 Å². The van der Waals surface area contributed by atoms with E-state index >= 15 is 0 Å². The van der Waals surface area contributed by atoms with Gasteiger partial charge in [0.05, 0.1) is 10.5 Å². The lowest BCUT2D eigenvalue weighted by molar-refractivity contribution is 0.0267. The van der Waals surface area contributed by atoms with E-state index in [-0.39, 0.29) is 27.4 Å². The first-order valence-electron chi connectivity index (χ1n) is 11.9. The van der Waals surface area contributed by atoms with Gasteiger partial charge < -0.3 is 9.84 Å². The molecule has 0 bridgehead atoms. The number of fused-ring (bicyclic) bond motifs is 5. The Morgan fingerprint density at radius 2 is 2.00 bits per heavy atom. The molecule has 6 nitrogen and oxygen atoms in total. The molecule has 3 aliphatic rings. The molecule has 180 valence electrons. The number of nitrogens with two attached hydrogens (primary N) is 1. The second-order valence-electron chi connectivity index (χ2n) is 10.5. The van der Waals surface area contributed by atoms with E-state index in [1.807, 2.05) is 6.07 Å². The van der Waals surface area contributed by atoms with Gasteiger partial charge in [-0.05, 0) is 97.2 Å². The molecule has 5 atom stereocenters. The molecule has 2 fully saturated rings. The van der Waals surface area contributed by atoms with Gasteiger partial charge in [0.2, 0.25) is 10.0 Å². The topological polar surface area (TPSA) is 107 Å². The van der Waals surface area contributed by atoms with Gasteiger partial charge in [-0.3, -0.25) is 0 Å². The van der Waals surface area contributed by atoms with Crippen molar-refractivity contribution in [3.8, 4) is 5.75 Å². The Balaban J connectivity index is 1.39. The first kappa shape index (κ1) is 23.1. The minimum atomic E-state index is -3.90. The highest BCUT2D eigenvalue weighted by atomic mass is 32.2. The Kier molecular flexibility index (Phi) is 5.41. The van der Waals surface area contributed by atoms with Crippen LogP contribution in [-0.2, 0) is 26.6 Å². The maximum Gasteiger partial charge on any atom is 0.338 e. The van der Waals surface area contributed by atoms with E-state index in [0.29, 0.717) is 17.6 Å². The average molecular weight is 482 g/mol. The molecule has 0 spiro atoms. The average Bonchev–Trinajstić information content (AvgIpc) is 3.13. The van der Waals surface area contributed by atoms with Gasteiger partial charge in [-0.1, -0.05) is 25.1 Å². The number of benzene rings is 2. The van der Waals surface area contributed by atoms with Crippen LogP contribution in [0.15, 0.2) is 60.0 Å². The third-order valence-corrected chi connectivity index (χ3v) is 9.63. The number of rotatable bonds is 4. The van der Waals surface area contributed by atoms with Crippen LogP contribution in [0, 0.1) is 17.3 Å². The van der Waals surface area contributed by atoms with E-state index in [9.17, 15) is 18.3 Å². The minimum Gasteiger partial charge on any atom is -0.508 e. The number of aryl methyl sites for hydroxylation is 1. The summed E-state index contributed by atoms with van der Waals surface area (Å²) in [6, 6.07) is 11.4. The SMILES string of the molecule is C=C[C@]12CC[C@]3(C)C[C@H](OC(=O)c4cccc(S(N)(=O)=O)c4)CC3C1CCc1cc(O)ccc12. The van der Waals surface area contributed by atoms with E-state index in [2.05, 4.69) is 25.6 Å². The van der Waals surface area contributed by atoms with Crippen molar-refractivity contribution in [1.29, 1.82) is 0 Å². The highest BCUT2D eigenvalue weighted by Crippen LogP contribution is 2.64. The maximum absolute atomic E-state index is 12.9. The van der Waals surface area contributed by atoms with E-state index < -0.39 is 16.0 Å². The lowest BCUT2D eigenvalue weighted by Crippen LogP contribution is -2.49. The molecule has 5 rings (SSSR count). The summed E-state index contributed by atoms with van der Waals surface area (Å²) >= 11 is 0. The fourth-order valence-corrected chi connectivity index (χ4v) is 7.67. The quantitative estimate of drug-likeness (QED) is 0.495. The number of phenols is 1. The molecule has 2 aromatic carbocycles. The number of aromatic hydroxyl groups is 1. The number of allylic oxidation sites excluding steroid dienone is 1. The van der Waals surface area contributed by atoms with Crippen LogP contribution in [0.2, 0.25) is 0 Å². The lowest BCUT2D eigenvalue weighted by atomic mass is 9.49. The second-order valence-corrected chi connectivity index (χ2v) is 12.1. The molecular weight excluding hydrogens is 450 g/mol. The Morgan fingerprint density at radius 3 is 2.74 bits per heavy atom. The Labute approximate surface area is 200 Å². The zero-order valence-corrected chi connectivity index (χ0v) is 20.2. The number of sulfonamides is 1. The summed E-state index contributed by atoms with van der Waals surface area (Å²) in [6.07, 6.45) is 7.40. The van der Waals surface area contributed by atoms with E-state index in [1.165, 1.54) is 29.3 Å². The molecule has 2 aromatic rings. The zero-order chi connectivity index (χ0) is 24.3. The highest BCUT2D eigenvalue weighted by Gasteiger charge is 2.58. The predicted molar refractivity (Wildman–Crippen MR) is 129 cm³/mol. The largest absolute Gasteiger partial charge is 0.508 e. The van der Waals surface area contributed by atoms with Gasteiger partial charge in [0.15, 0.2) is 0 Å². The van der Waals surface area contributed by atoms with Crippen LogP contribution in [0.25, 0.3) is 0 Å². The van der Waals surface area contributed by atoms with E-state index in [1.54, 1.807) is 12.1 Å². The standard InChI is InChI=1S/C27H31NO5S/c1-3-27-12-11-26(2)16-20(33-25(30)18-5-4-6-21(14-18)34(28,31)32)15-24(26)23(27)9-7-17-13-19(29)8-10-22(17)27/h3-6,8,10,13-14,20,23-24,29H,1,7,9,11-12,15-16H2,2H3,(H2,28,31,32)/t20-,23?,24?,26-,27-/m1/s1. The van der Waals surface area contributed by atoms with Crippen LogP contribution in [0.3, 0.4) is 0 Å². The monoisotopic (exact) mass is 481 g/mol. The van der Waals surface area contributed by atoms with Crippen LogP contribution in [0.4, 0.5) is 0 Å². The van der Waals surface area contributed by atoms with Crippen LogP contribution in [0.5, 0.6) is 5.75 Å². The fraction of sp³-hybridized carbons (Fsp3) is 0.444. The fourth-order valence-electron chi connectivity index (χ4n) is 7.11. The van der Waals surface area contributed by atoms with Crippen molar-refractivity contribution in [2.45, 2.75) is 61.9 Å². The maximum atomic E-state index is 12.9. The summed E-state index contributed by atoms with van der Waals surface area (Å²) in [6.45, 7) is 6.56. The van der Waals surface area contributed by atoms with Gasteiger partial charge in [0.25, 0.3) is 0 Å². The number of primary sulfonamides is 1. The molecule has 0 amide bonds. The molecule has 3 N–H and O–H groups in total. The van der Waals surface area contributed by atoms with Crippen molar-refractivity contribution in [3.05, 3.63) is 71.8 Å². The third-order valence-electron chi connectivity index (χ3n) is 8.71. The zero-order valence-electron chi connectivity index (χ0n) is 19.4. The first-order valence-corrected chi connectivity index (χ1v) is 13.4. The smallest absolute Gasteiger partial charge is 0.338 e. The molecule has 0 saturated heterocycles. The lowest BCUT2D eigenvalue weighted by Gasteiger charge is -2.55. The summed E-state index contributed by atoms with van der Waals surface area (Å²) in [4.78, 5) is 12.8. The number of hydrogen-bond donors (Lipinski definition) is 2. The van der Waals surface area contributed by atoms with Gasteiger partial charge >= 0.3 is 5.97 Å². The second kappa shape index (κ2) is 7.95. The van der Waals surface area contributed by atoms with Crippen LogP contribution in [0.1, 0.15) is 60.5 Å². The number of hydrogen-bond acceptors (Lipinski definition) is 5. The molecule has 0 radical (unpaired) electrons. The van der Waals surface area contributed by atoms with Gasteiger partial charge in [-0.25, -0.2) is 18.4 Å². The molecule has 2 unspecified atom stereocenters. The van der Waals surface area contributed by atoms with E-state index in [4.69, 9.17) is 9.88 Å². The normalized spacial score (nSPS) is 32.2. The summed E-state index contributed by atoms with van der Waals surface area (Å²) < 4.78 is 29.3. The number of esters is 1. The van der Waals surface area contributed by atoms with Crippen molar-refractivity contribution in [2.24, 2.45) is 22.4 Å². The van der Waals surface area contributed by atoms with Crippen LogP contribution >= 0.6 is 0 Å². The summed E-state index contributed by atoms with van der Waals surface area (Å²) in [7, 11) is -3.90. The highest BCUT2D eigenvalue weighted by molar-refractivity contribution is 7.89. The number of carbonyl (C=O) groups is 1. The van der Waals surface area contributed by atoms with Crippen molar-refractivity contribution >= 4 is 16.0 Å². The molecule has 2 saturated carbocycles. The number of ether oxygens (including phenoxy) is 1. The Morgan fingerprint density at radius 1 is 1.21 bits per heavy atom. The van der Waals surface area contributed by atoms with Gasteiger partial charge in [0, 0.05) is 5.41 Å². The van der Waals surface area contributed by atoms with Gasteiger partial charge in [0.1, 0.15) is 11.9 Å². The summed E-state index contributed by atoms with van der Waals surface area (Å²) in [5, 5.41) is 15.2. The molecule has 3 aliphatic carbocycles. The summed E-state index contributed by atoms with van der Waals surface area (Å²) in [5.74, 6) is 0.568. The summed E-state index contributed by atoms with van der Waals surface area (Å²) in [5.41, 5.74) is 2.61. The molecule has 0 aromatic heterocycles. The third kappa shape index (κ3) is 3.66. The molecule has 0 aliphatic heterocycles. The first-order chi connectivity index (χ1) is 16.1. The van der Waals surface area contributed by atoms with E-state index in [0.717, 1.165) is 38.5 Å². The molecule has 0 heterocycles. The molecule has 34 heavy (non-hydrogen) atoms. The molecule has 7 heteroatoms. The van der Waals surface area contributed by atoms with Gasteiger partial charge in [-0.15, -0.1) is 6.58 Å². The van der Waals surface area contributed by atoms with Crippen molar-refractivity contribution in [1.82, 2.24) is 0 Å². The molecular formula is C27H31NO5S. The van der Waals surface area contributed by atoms with Crippen molar-refractivity contribution in [3.63, 3.8) is 0 Å². The van der Waals surface area contributed by atoms with Crippen LogP contribution < -0.4 is 5.14 Å². The van der Waals surface area contributed by atoms with Crippen molar-refractivity contribution < 1.29 is 23.1 Å². The van der Waals surface area contributed by atoms with Crippen LogP contribution in [-0.4, -0.2) is 25.6 Å². The number of phenolic OH excluding ortho intramolecular Hbond substituents is 1. The van der Waals surface area contributed by atoms with Gasteiger partial charge in [-0.2, -0.15) is 0 Å². The minimum absolute atomic E-state index is 0.0684.